The third-order valence-corrected chi connectivity index (χ3v) is 3.65. The number of hydrogen-bond acceptors (Lipinski definition) is 4. The van der Waals surface area contributed by atoms with Crippen LogP contribution in [0.15, 0.2) is 24.3 Å². The van der Waals surface area contributed by atoms with Crippen LogP contribution < -0.4 is 10.1 Å². The average Bonchev–Trinajstić information content (AvgIpc) is 2.94. The van der Waals surface area contributed by atoms with Crippen LogP contribution in [0.4, 0.5) is 0 Å². The van der Waals surface area contributed by atoms with Gasteiger partial charge in [-0.25, -0.2) is 4.79 Å². The summed E-state index contributed by atoms with van der Waals surface area (Å²) in [4.78, 5) is 10.8. The smallest absolute Gasteiger partial charge is 0.332 e. The Hall–Kier alpha value is -1.59. The van der Waals surface area contributed by atoms with Crippen molar-refractivity contribution in [1.29, 1.82) is 0 Å². The Morgan fingerprint density at radius 1 is 1.45 bits per heavy atom. The lowest BCUT2D eigenvalue weighted by Crippen LogP contribution is -2.30. The third kappa shape index (κ3) is 3.71. The van der Waals surface area contributed by atoms with Gasteiger partial charge < -0.3 is 19.9 Å². The molecule has 0 aliphatic carbocycles. The Morgan fingerprint density at radius 3 is 2.70 bits per heavy atom. The molecule has 0 spiro atoms. The first-order chi connectivity index (χ1) is 9.60. The van der Waals surface area contributed by atoms with Crippen LogP contribution in [0.3, 0.4) is 0 Å². The normalized spacial score (nSPS) is 23.5. The quantitative estimate of drug-likeness (QED) is 0.833. The number of rotatable bonds is 6. The summed E-state index contributed by atoms with van der Waals surface area (Å²) in [5, 5.41) is 12.3. The summed E-state index contributed by atoms with van der Waals surface area (Å²) in [6.07, 6.45) is 0.729. The van der Waals surface area contributed by atoms with E-state index >= 15 is 0 Å². The number of carboxylic acid groups (broad SMARTS) is 1. The van der Waals surface area contributed by atoms with Gasteiger partial charge in [0.15, 0.2) is 6.10 Å². The van der Waals surface area contributed by atoms with Gasteiger partial charge in [0.2, 0.25) is 0 Å². The molecule has 1 aromatic rings. The highest BCUT2D eigenvalue weighted by molar-refractivity contribution is 5.72. The van der Waals surface area contributed by atoms with E-state index < -0.39 is 12.1 Å². The minimum absolute atomic E-state index is 0.0169. The fourth-order valence-electron chi connectivity index (χ4n) is 2.36. The zero-order valence-electron chi connectivity index (χ0n) is 11.8. The van der Waals surface area contributed by atoms with Gasteiger partial charge >= 0.3 is 5.97 Å². The number of benzene rings is 1. The first-order valence-corrected chi connectivity index (χ1v) is 6.85. The van der Waals surface area contributed by atoms with E-state index in [9.17, 15) is 4.79 Å². The van der Waals surface area contributed by atoms with E-state index in [1.165, 1.54) is 5.56 Å². The molecular formula is C15H21NO4. The first kappa shape index (κ1) is 14.8. The van der Waals surface area contributed by atoms with Crippen LogP contribution in [-0.2, 0) is 9.53 Å². The highest BCUT2D eigenvalue weighted by atomic mass is 16.5. The molecule has 0 saturated carbocycles. The van der Waals surface area contributed by atoms with Crippen LogP contribution in [0.2, 0.25) is 0 Å². The summed E-state index contributed by atoms with van der Waals surface area (Å²) in [6.45, 7) is 2.74. The molecule has 110 valence electrons. The monoisotopic (exact) mass is 279 g/mol. The highest BCUT2D eigenvalue weighted by Crippen LogP contribution is 2.21. The minimum atomic E-state index is -0.865. The number of aliphatic carboxylic acids is 1. The van der Waals surface area contributed by atoms with Gasteiger partial charge in [0.25, 0.3) is 0 Å². The Bertz CT molecular complexity index is 446. The molecule has 20 heavy (non-hydrogen) atoms. The molecule has 2 rings (SSSR count). The second-order valence-electron chi connectivity index (χ2n) is 5.07. The van der Waals surface area contributed by atoms with Crippen LogP contribution in [0.25, 0.3) is 0 Å². The maximum atomic E-state index is 10.8. The zero-order valence-corrected chi connectivity index (χ0v) is 11.8. The van der Waals surface area contributed by atoms with Gasteiger partial charge in [-0.2, -0.15) is 0 Å². The Kier molecular flexibility index (Phi) is 4.98. The van der Waals surface area contributed by atoms with E-state index in [0.29, 0.717) is 13.0 Å². The topological polar surface area (TPSA) is 67.8 Å². The maximum absolute atomic E-state index is 10.8. The fourth-order valence-corrected chi connectivity index (χ4v) is 2.36. The molecule has 3 atom stereocenters. The second kappa shape index (κ2) is 6.72. The largest absolute Gasteiger partial charge is 0.497 e. The molecule has 5 nitrogen and oxygen atoms in total. The number of carboxylic acids is 1. The summed E-state index contributed by atoms with van der Waals surface area (Å²) in [5.74, 6) is -0.0277. The van der Waals surface area contributed by atoms with Gasteiger partial charge in [-0.05, 0) is 37.5 Å². The number of carbonyl (C=O) groups is 1. The summed E-state index contributed by atoms with van der Waals surface area (Å²) in [6, 6.07) is 8.09. The van der Waals surface area contributed by atoms with Crippen LogP contribution in [0.5, 0.6) is 5.75 Å². The summed E-state index contributed by atoms with van der Waals surface area (Å²) < 4.78 is 10.6. The molecule has 1 fully saturated rings. The van der Waals surface area contributed by atoms with Crippen molar-refractivity contribution >= 4 is 5.97 Å². The summed E-state index contributed by atoms with van der Waals surface area (Å²) in [5.41, 5.74) is 1.17. The second-order valence-corrected chi connectivity index (χ2v) is 5.07. The third-order valence-electron chi connectivity index (χ3n) is 3.65. The van der Waals surface area contributed by atoms with E-state index in [0.717, 1.165) is 12.2 Å². The fraction of sp³-hybridized carbons (Fsp3) is 0.533. The standard InChI is InChI=1S/C15H21NO4/c1-10(11-3-5-12(19-2)6-4-11)16-9-13-7-8-14(20-13)15(17)18/h3-6,10,13-14,16H,7-9H2,1-2H3,(H,17,18). The van der Waals surface area contributed by atoms with Crippen LogP contribution in [0.1, 0.15) is 31.4 Å². The highest BCUT2D eigenvalue weighted by Gasteiger charge is 2.30. The Labute approximate surface area is 118 Å². The predicted octanol–water partition coefficient (Wildman–Crippen LogP) is 1.98. The van der Waals surface area contributed by atoms with E-state index in [1.54, 1.807) is 7.11 Å². The number of methoxy groups -OCH3 is 1. The number of nitrogens with one attached hydrogen (secondary N) is 1. The van der Waals surface area contributed by atoms with Gasteiger partial charge in [0.1, 0.15) is 5.75 Å². The van der Waals surface area contributed by atoms with Gasteiger partial charge in [-0.15, -0.1) is 0 Å². The number of hydrogen-bond donors (Lipinski definition) is 2. The van der Waals surface area contributed by atoms with Gasteiger partial charge in [-0.1, -0.05) is 12.1 Å². The van der Waals surface area contributed by atoms with E-state index in [1.807, 2.05) is 24.3 Å². The molecule has 1 aliphatic rings. The lowest BCUT2D eigenvalue weighted by Gasteiger charge is -2.18. The van der Waals surface area contributed by atoms with E-state index in [2.05, 4.69) is 12.2 Å². The van der Waals surface area contributed by atoms with Crippen LogP contribution in [0, 0.1) is 0 Å². The van der Waals surface area contributed by atoms with Gasteiger partial charge in [0, 0.05) is 12.6 Å². The Morgan fingerprint density at radius 2 is 2.15 bits per heavy atom. The predicted molar refractivity (Wildman–Crippen MR) is 74.9 cm³/mol. The van der Waals surface area contributed by atoms with Crippen molar-refractivity contribution in [1.82, 2.24) is 5.32 Å². The molecule has 1 saturated heterocycles. The van der Waals surface area contributed by atoms with Crippen LogP contribution >= 0.6 is 0 Å². The van der Waals surface area contributed by atoms with Crippen molar-refractivity contribution in [2.75, 3.05) is 13.7 Å². The van der Waals surface area contributed by atoms with E-state index in [-0.39, 0.29) is 12.1 Å². The van der Waals surface area contributed by atoms with Crippen molar-refractivity contribution in [3.05, 3.63) is 29.8 Å². The van der Waals surface area contributed by atoms with Crippen molar-refractivity contribution in [2.24, 2.45) is 0 Å². The summed E-state index contributed by atoms with van der Waals surface area (Å²) in [7, 11) is 1.65. The molecule has 0 radical (unpaired) electrons. The lowest BCUT2D eigenvalue weighted by molar-refractivity contribution is -0.149. The molecule has 1 heterocycles. The van der Waals surface area contributed by atoms with Crippen LogP contribution in [-0.4, -0.2) is 36.9 Å². The van der Waals surface area contributed by atoms with Crippen molar-refractivity contribution in [3.63, 3.8) is 0 Å². The first-order valence-electron chi connectivity index (χ1n) is 6.85. The molecule has 0 amide bonds. The van der Waals surface area contributed by atoms with E-state index in [4.69, 9.17) is 14.6 Å². The van der Waals surface area contributed by atoms with Gasteiger partial charge in [0.05, 0.1) is 13.2 Å². The Balaban J connectivity index is 1.80. The lowest BCUT2D eigenvalue weighted by atomic mass is 10.1. The SMILES string of the molecule is COc1ccc(C(C)NCC2CCC(C(=O)O)O2)cc1. The van der Waals surface area contributed by atoms with Crippen molar-refractivity contribution in [2.45, 2.75) is 38.0 Å². The molecule has 1 aliphatic heterocycles. The number of ether oxygens (including phenoxy) is 2. The van der Waals surface area contributed by atoms with Crippen molar-refractivity contribution < 1.29 is 19.4 Å². The molecule has 3 unspecified atom stereocenters. The summed E-state index contributed by atoms with van der Waals surface area (Å²) >= 11 is 0. The minimum Gasteiger partial charge on any atom is -0.497 e. The maximum Gasteiger partial charge on any atom is 0.332 e. The molecule has 0 aromatic heterocycles. The van der Waals surface area contributed by atoms with Gasteiger partial charge in [-0.3, -0.25) is 0 Å². The molecule has 1 aromatic carbocycles. The zero-order chi connectivity index (χ0) is 14.5. The molecule has 2 N–H and O–H groups in total. The molecular weight excluding hydrogens is 258 g/mol. The molecule has 0 bridgehead atoms. The molecule has 5 heteroatoms. The average molecular weight is 279 g/mol. The van der Waals surface area contributed by atoms with Crippen molar-refractivity contribution in [3.8, 4) is 5.75 Å².